The number of nitrogens with two attached hydrogens (primary N) is 1. The molecule has 0 radical (unpaired) electrons. The molecule has 1 saturated heterocycles. The molecular weight excluding hydrogens is 306 g/mol. The molecule has 9 nitrogen and oxygen atoms in total. The smallest absolute Gasteiger partial charge is 0.351 e. The molecule has 0 saturated carbocycles. The maximum atomic E-state index is 12.0. The van der Waals surface area contributed by atoms with E-state index in [9.17, 15) is 14.7 Å². The first-order valence-corrected chi connectivity index (χ1v) is 6.97. The molecule has 23 heavy (non-hydrogen) atoms. The summed E-state index contributed by atoms with van der Waals surface area (Å²) >= 11 is 0. The number of rotatable bonds is 4. The normalized spacial score (nSPS) is 24.7. The van der Waals surface area contributed by atoms with E-state index in [0.29, 0.717) is 5.56 Å². The van der Waals surface area contributed by atoms with Gasteiger partial charge in [0.15, 0.2) is 0 Å². The largest absolute Gasteiger partial charge is 0.466 e. The summed E-state index contributed by atoms with van der Waals surface area (Å²) in [4.78, 5) is 27.1. The highest BCUT2D eigenvalue weighted by molar-refractivity contribution is 5.93. The van der Waals surface area contributed by atoms with Crippen LogP contribution in [-0.2, 0) is 14.3 Å². The fraction of sp³-hybridized carbons (Fsp3) is 0.500. The van der Waals surface area contributed by atoms with Crippen LogP contribution in [0.15, 0.2) is 16.6 Å². The summed E-state index contributed by atoms with van der Waals surface area (Å²) in [6.45, 7) is 1.18. The van der Waals surface area contributed by atoms with Gasteiger partial charge in [-0.15, -0.1) is 0 Å². The number of methoxy groups -OCH3 is 1. The number of nitrogen functional groups attached to an aromatic ring is 1. The first-order valence-electron chi connectivity index (χ1n) is 6.97. The molecule has 0 spiro atoms. The van der Waals surface area contributed by atoms with Crippen molar-refractivity contribution < 1.29 is 24.5 Å². The minimum absolute atomic E-state index is 0.0354. The number of aromatic nitrogens is 2. The van der Waals surface area contributed by atoms with Gasteiger partial charge in [0.2, 0.25) is 0 Å². The molecule has 0 aliphatic carbocycles. The number of anilines is 1. The van der Waals surface area contributed by atoms with Crippen LogP contribution in [0.1, 0.15) is 25.1 Å². The van der Waals surface area contributed by atoms with E-state index in [1.165, 1.54) is 23.9 Å². The molecule has 2 rings (SSSR count). The second-order valence-electron chi connectivity index (χ2n) is 5.21. The molecule has 1 aliphatic heterocycles. The third-order valence-corrected chi connectivity index (χ3v) is 3.58. The maximum Gasteiger partial charge on any atom is 0.351 e. The van der Waals surface area contributed by atoms with Crippen LogP contribution in [0.3, 0.4) is 0 Å². The standard InChI is InChI=1S/C14H19N3O6/c1-7(13(20)22-2)3-8-5-17(14(21)16-12(8)15)11-4-9(19)10(6-18)23-11/h3,5,9-11,18-19H,4,6H2,1-2H3,(H2,15,16,21)/t9-,10+,11+/m0/s1. The van der Waals surface area contributed by atoms with Gasteiger partial charge in [-0.25, -0.2) is 9.59 Å². The lowest BCUT2D eigenvalue weighted by atomic mass is 10.2. The van der Waals surface area contributed by atoms with Crippen LogP contribution >= 0.6 is 0 Å². The van der Waals surface area contributed by atoms with Gasteiger partial charge in [-0.1, -0.05) is 0 Å². The van der Waals surface area contributed by atoms with E-state index in [1.54, 1.807) is 6.92 Å². The molecule has 126 valence electrons. The Balaban J connectivity index is 2.38. The van der Waals surface area contributed by atoms with Gasteiger partial charge in [-0.05, 0) is 13.0 Å². The van der Waals surface area contributed by atoms with Crippen molar-refractivity contribution in [3.05, 3.63) is 27.8 Å². The summed E-state index contributed by atoms with van der Waals surface area (Å²) in [6, 6.07) is 0. The number of hydrogen-bond donors (Lipinski definition) is 3. The van der Waals surface area contributed by atoms with Crippen LogP contribution in [0.2, 0.25) is 0 Å². The van der Waals surface area contributed by atoms with E-state index in [2.05, 4.69) is 9.72 Å². The van der Waals surface area contributed by atoms with E-state index < -0.39 is 30.1 Å². The number of carbonyl (C=O) groups excluding carboxylic acids is 1. The number of aliphatic hydroxyl groups excluding tert-OH is 2. The van der Waals surface area contributed by atoms with Gasteiger partial charge in [0.1, 0.15) is 18.1 Å². The number of nitrogens with zero attached hydrogens (tertiary/aromatic N) is 2. The Morgan fingerprint density at radius 2 is 2.35 bits per heavy atom. The predicted octanol–water partition coefficient (Wildman–Crippen LogP) is -0.957. The number of carbonyl (C=O) groups is 1. The van der Waals surface area contributed by atoms with Crippen molar-refractivity contribution in [2.45, 2.75) is 31.8 Å². The second kappa shape index (κ2) is 6.90. The Bertz CT molecular complexity index is 684. The summed E-state index contributed by atoms with van der Waals surface area (Å²) in [5.41, 5.74) is 5.69. The van der Waals surface area contributed by atoms with Crippen LogP contribution in [0.5, 0.6) is 0 Å². The Labute approximate surface area is 132 Å². The third-order valence-electron chi connectivity index (χ3n) is 3.58. The second-order valence-corrected chi connectivity index (χ2v) is 5.21. The average molecular weight is 325 g/mol. The zero-order chi connectivity index (χ0) is 17.1. The number of hydrogen-bond acceptors (Lipinski definition) is 8. The fourth-order valence-corrected chi connectivity index (χ4v) is 2.32. The van der Waals surface area contributed by atoms with Gasteiger partial charge in [-0.2, -0.15) is 4.98 Å². The van der Waals surface area contributed by atoms with Crippen LogP contribution in [-0.4, -0.2) is 51.7 Å². The average Bonchev–Trinajstić information content (AvgIpc) is 2.89. The number of aliphatic hydroxyl groups is 2. The van der Waals surface area contributed by atoms with Gasteiger partial charge in [-0.3, -0.25) is 4.57 Å². The molecular formula is C14H19N3O6. The fourth-order valence-electron chi connectivity index (χ4n) is 2.32. The van der Waals surface area contributed by atoms with Gasteiger partial charge in [0.05, 0.1) is 19.8 Å². The molecule has 2 heterocycles. The maximum absolute atomic E-state index is 12.0. The van der Waals surface area contributed by atoms with Gasteiger partial charge in [0.25, 0.3) is 0 Å². The Morgan fingerprint density at radius 3 is 2.91 bits per heavy atom. The highest BCUT2D eigenvalue weighted by Crippen LogP contribution is 2.28. The minimum Gasteiger partial charge on any atom is -0.466 e. The molecule has 9 heteroatoms. The number of esters is 1. The first kappa shape index (κ1) is 17.1. The van der Waals surface area contributed by atoms with Gasteiger partial charge >= 0.3 is 11.7 Å². The quantitative estimate of drug-likeness (QED) is 0.475. The molecule has 0 aromatic carbocycles. The molecule has 1 fully saturated rings. The lowest BCUT2D eigenvalue weighted by Gasteiger charge is -2.15. The van der Waals surface area contributed by atoms with Crippen LogP contribution < -0.4 is 11.4 Å². The lowest BCUT2D eigenvalue weighted by molar-refractivity contribution is -0.135. The molecule has 0 bridgehead atoms. The van der Waals surface area contributed by atoms with Crippen molar-refractivity contribution >= 4 is 17.9 Å². The predicted molar refractivity (Wildman–Crippen MR) is 80.2 cm³/mol. The zero-order valence-corrected chi connectivity index (χ0v) is 12.8. The van der Waals surface area contributed by atoms with Crippen LogP contribution in [0, 0.1) is 0 Å². The Morgan fingerprint density at radius 1 is 1.65 bits per heavy atom. The van der Waals surface area contributed by atoms with E-state index >= 15 is 0 Å². The zero-order valence-electron chi connectivity index (χ0n) is 12.8. The summed E-state index contributed by atoms with van der Waals surface area (Å²) in [6.07, 6.45) is 0.558. The molecule has 1 aromatic rings. The minimum atomic E-state index is -0.884. The summed E-state index contributed by atoms with van der Waals surface area (Å²) in [5, 5.41) is 18.9. The van der Waals surface area contributed by atoms with Gasteiger partial charge < -0.3 is 25.4 Å². The first-order chi connectivity index (χ1) is 10.9. The van der Waals surface area contributed by atoms with E-state index in [1.807, 2.05) is 0 Å². The van der Waals surface area contributed by atoms with Crippen molar-refractivity contribution in [3.63, 3.8) is 0 Å². The monoisotopic (exact) mass is 325 g/mol. The summed E-state index contributed by atoms with van der Waals surface area (Å²) in [5.74, 6) is -0.568. The SMILES string of the molecule is COC(=O)C(C)=Cc1cn([C@H]2C[C@H](O)[C@@H](CO)O2)c(=O)nc1N. The highest BCUT2D eigenvalue weighted by atomic mass is 16.5. The highest BCUT2D eigenvalue weighted by Gasteiger charge is 2.35. The van der Waals surface area contributed by atoms with Crippen LogP contribution in [0.4, 0.5) is 5.82 Å². The van der Waals surface area contributed by atoms with Crippen LogP contribution in [0.25, 0.3) is 6.08 Å². The molecule has 1 aromatic heterocycles. The topological polar surface area (TPSA) is 137 Å². The van der Waals surface area contributed by atoms with Crippen molar-refractivity contribution in [2.75, 3.05) is 19.5 Å². The Kier molecular flexibility index (Phi) is 5.14. The van der Waals surface area contributed by atoms with Crippen molar-refractivity contribution in [1.29, 1.82) is 0 Å². The molecule has 4 N–H and O–H groups in total. The van der Waals surface area contributed by atoms with E-state index in [-0.39, 0.29) is 24.4 Å². The molecule has 0 amide bonds. The molecule has 0 unspecified atom stereocenters. The van der Waals surface area contributed by atoms with E-state index in [4.69, 9.17) is 15.6 Å². The van der Waals surface area contributed by atoms with Crippen molar-refractivity contribution in [2.24, 2.45) is 0 Å². The van der Waals surface area contributed by atoms with Gasteiger partial charge in [0, 0.05) is 23.8 Å². The number of ether oxygens (including phenoxy) is 2. The van der Waals surface area contributed by atoms with Crippen molar-refractivity contribution in [1.82, 2.24) is 9.55 Å². The summed E-state index contributed by atoms with van der Waals surface area (Å²) < 4.78 is 11.2. The lowest BCUT2D eigenvalue weighted by Crippen LogP contribution is -2.28. The summed E-state index contributed by atoms with van der Waals surface area (Å²) in [7, 11) is 1.25. The third kappa shape index (κ3) is 3.58. The van der Waals surface area contributed by atoms with E-state index in [0.717, 1.165) is 0 Å². The Hall–Kier alpha value is -2.23. The molecule has 1 aliphatic rings. The molecule has 3 atom stereocenters. The van der Waals surface area contributed by atoms with Crippen molar-refractivity contribution in [3.8, 4) is 0 Å².